The quantitative estimate of drug-likeness (QED) is 0.821. The van der Waals surface area contributed by atoms with Gasteiger partial charge in [0.25, 0.3) is 6.43 Å². The summed E-state index contributed by atoms with van der Waals surface area (Å²) in [6.07, 6.45) is -2.57. The molecule has 72 valence electrons. The van der Waals surface area contributed by atoms with Gasteiger partial charge in [-0.05, 0) is 44.6 Å². The molecule has 0 unspecified atom stereocenters. The molecule has 0 aliphatic heterocycles. The molecule has 0 radical (unpaired) electrons. The fourth-order valence-electron chi connectivity index (χ4n) is 0.817. The maximum absolute atomic E-state index is 12.4. The van der Waals surface area contributed by atoms with Crippen LogP contribution >= 0.6 is 38.5 Å². The summed E-state index contributed by atoms with van der Waals surface area (Å²) in [4.78, 5) is 3.72. The number of aromatic nitrogens is 1. The summed E-state index contributed by atoms with van der Waals surface area (Å²) in [6, 6.07) is 1.68. The smallest absolute Gasteiger partial charge is 0.281 e. The van der Waals surface area contributed by atoms with E-state index in [1.165, 1.54) is 0 Å². The molecular formula is C7H6BrF2IN2. The minimum absolute atomic E-state index is 0.170. The SMILES string of the molecule is NCc1cc(I)c(Br)c(C(F)F)n1. The molecule has 0 saturated carbocycles. The molecule has 6 heteroatoms. The number of hydrogen-bond acceptors (Lipinski definition) is 2. The lowest BCUT2D eigenvalue weighted by Crippen LogP contribution is -2.04. The van der Waals surface area contributed by atoms with E-state index in [4.69, 9.17) is 5.73 Å². The molecule has 1 aromatic heterocycles. The van der Waals surface area contributed by atoms with Crippen molar-refractivity contribution in [2.75, 3.05) is 0 Å². The lowest BCUT2D eigenvalue weighted by Gasteiger charge is -2.06. The Morgan fingerprint density at radius 3 is 2.69 bits per heavy atom. The van der Waals surface area contributed by atoms with Crippen molar-refractivity contribution in [1.82, 2.24) is 4.98 Å². The van der Waals surface area contributed by atoms with E-state index < -0.39 is 6.43 Å². The maximum atomic E-state index is 12.4. The van der Waals surface area contributed by atoms with E-state index in [9.17, 15) is 8.78 Å². The molecule has 2 N–H and O–H groups in total. The van der Waals surface area contributed by atoms with Crippen LogP contribution in [0.25, 0.3) is 0 Å². The van der Waals surface area contributed by atoms with Crippen molar-refractivity contribution in [3.05, 3.63) is 25.5 Å². The van der Waals surface area contributed by atoms with Gasteiger partial charge in [-0.2, -0.15) is 0 Å². The van der Waals surface area contributed by atoms with Crippen LogP contribution in [0.3, 0.4) is 0 Å². The zero-order valence-corrected chi connectivity index (χ0v) is 10.1. The Balaban J connectivity index is 3.25. The van der Waals surface area contributed by atoms with Crippen molar-refractivity contribution < 1.29 is 8.78 Å². The average molecular weight is 363 g/mol. The highest BCUT2D eigenvalue weighted by Crippen LogP contribution is 2.29. The second-order valence-electron chi connectivity index (χ2n) is 2.30. The lowest BCUT2D eigenvalue weighted by molar-refractivity contribution is 0.144. The van der Waals surface area contributed by atoms with Crippen LogP contribution in [0.1, 0.15) is 17.8 Å². The molecule has 1 rings (SSSR count). The third-order valence-electron chi connectivity index (χ3n) is 1.41. The van der Waals surface area contributed by atoms with Crippen LogP contribution < -0.4 is 5.73 Å². The van der Waals surface area contributed by atoms with Crippen LogP contribution in [0.15, 0.2) is 10.5 Å². The Kier molecular flexibility index (Phi) is 3.99. The maximum Gasteiger partial charge on any atom is 0.281 e. The number of hydrogen-bond donors (Lipinski definition) is 1. The normalized spacial score (nSPS) is 10.9. The summed E-state index contributed by atoms with van der Waals surface area (Å²) in [5.74, 6) is 0. The molecule has 13 heavy (non-hydrogen) atoms. The van der Waals surface area contributed by atoms with E-state index in [-0.39, 0.29) is 12.2 Å². The zero-order valence-electron chi connectivity index (χ0n) is 6.40. The molecule has 0 aliphatic rings. The van der Waals surface area contributed by atoms with Crippen LogP contribution in [0, 0.1) is 3.57 Å². The van der Waals surface area contributed by atoms with Crippen LogP contribution in [0.4, 0.5) is 8.78 Å². The third-order valence-corrected chi connectivity index (χ3v) is 3.83. The van der Waals surface area contributed by atoms with Crippen molar-refractivity contribution >= 4 is 38.5 Å². The largest absolute Gasteiger partial charge is 0.325 e. The molecule has 0 fully saturated rings. The minimum Gasteiger partial charge on any atom is -0.325 e. The molecule has 0 amide bonds. The van der Waals surface area contributed by atoms with E-state index in [2.05, 4.69) is 20.9 Å². The number of halogens is 4. The van der Waals surface area contributed by atoms with Crippen LogP contribution in [0.5, 0.6) is 0 Å². The molecule has 0 atom stereocenters. The average Bonchev–Trinajstić information content (AvgIpc) is 2.09. The highest BCUT2D eigenvalue weighted by molar-refractivity contribution is 14.1. The predicted molar refractivity (Wildman–Crippen MR) is 57.5 cm³/mol. The number of alkyl halides is 2. The van der Waals surface area contributed by atoms with E-state index in [0.717, 1.165) is 0 Å². The van der Waals surface area contributed by atoms with E-state index in [1.807, 2.05) is 22.6 Å². The topological polar surface area (TPSA) is 38.9 Å². The number of pyridine rings is 1. The van der Waals surface area contributed by atoms with E-state index in [1.54, 1.807) is 6.07 Å². The fraction of sp³-hybridized carbons (Fsp3) is 0.286. The van der Waals surface area contributed by atoms with Gasteiger partial charge < -0.3 is 5.73 Å². The Labute approximate surface area is 96.2 Å². The van der Waals surface area contributed by atoms with Crippen LogP contribution in [0.2, 0.25) is 0 Å². The first-order chi connectivity index (χ1) is 6.06. The van der Waals surface area contributed by atoms with Crippen molar-refractivity contribution in [2.45, 2.75) is 13.0 Å². The first-order valence-corrected chi connectivity index (χ1v) is 5.26. The number of rotatable bonds is 2. The lowest BCUT2D eigenvalue weighted by atomic mass is 10.3. The summed E-state index contributed by atoms with van der Waals surface area (Å²) in [5, 5.41) is 0. The summed E-state index contributed by atoms with van der Waals surface area (Å²) < 4.78 is 25.8. The molecule has 0 bridgehead atoms. The predicted octanol–water partition coefficient (Wildman–Crippen LogP) is 2.85. The number of nitrogens with zero attached hydrogens (tertiary/aromatic N) is 1. The summed E-state index contributed by atoms with van der Waals surface area (Å²) in [7, 11) is 0. The Morgan fingerprint density at radius 1 is 1.62 bits per heavy atom. The van der Waals surface area contributed by atoms with Crippen molar-refractivity contribution in [3.8, 4) is 0 Å². The Morgan fingerprint density at radius 2 is 2.23 bits per heavy atom. The van der Waals surface area contributed by atoms with E-state index >= 15 is 0 Å². The second kappa shape index (κ2) is 4.61. The number of nitrogens with two attached hydrogens (primary N) is 1. The monoisotopic (exact) mass is 362 g/mol. The van der Waals surface area contributed by atoms with Gasteiger partial charge in [0.1, 0.15) is 5.69 Å². The fourth-order valence-corrected chi connectivity index (χ4v) is 1.83. The highest BCUT2D eigenvalue weighted by Gasteiger charge is 2.16. The Bertz CT molecular complexity index is 320. The van der Waals surface area contributed by atoms with Gasteiger partial charge in [-0.15, -0.1) is 0 Å². The van der Waals surface area contributed by atoms with Crippen LogP contribution in [-0.4, -0.2) is 4.98 Å². The minimum atomic E-state index is -2.57. The third kappa shape index (κ3) is 2.57. The zero-order chi connectivity index (χ0) is 10.0. The van der Waals surface area contributed by atoms with Gasteiger partial charge >= 0.3 is 0 Å². The summed E-state index contributed by atoms with van der Waals surface area (Å²) in [6.45, 7) is 0.170. The molecule has 0 aromatic carbocycles. The molecule has 0 aliphatic carbocycles. The van der Waals surface area contributed by atoms with Crippen molar-refractivity contribution in [3.63, 3.8) is 0 Å². The molecular weight excluding hydrogens is 357 g/mol. The van der Waals surface area contributed by atoms with Gasteiger partial charge in [-0.25, -0.2) is 13.8 Å². The van der Waals surface area contributed by atoms with Gasteiger partial charge in [-0.1, -0.05) is 0 Å². The van der Waals surface area contributed by atoms with E-state index in [0.29, 0.717) is 13.7 Å². The van der Waals surface area contributed by atoms with Gasteiger partial charge in [0.15, 0.2) is 0 Å². The standard InChI is InChI=1S/C7H6BrF2IN2/c8-5-4(11)1-3(2-12)13-6(5)7(9)10/h1,7H,2,12H2. The van der Waals surface area contributed by atoms with Crippen molar-refractivity contribution in [1.29, 1.82) is 0 Å². The van der Waals surface area contributed by atoms with Crippen molar-refractivity contribution in [2.24, 2.45) is 5.73 Å². The first kappa shape index (κ1) is 11.3. The molecule has 0 spiro atoms. The van der Waals surface area contributed by atoms with Gasteiger partial charge in [-0.3, -0.25) is 0 Å². The Hall–Kier alpha value is 0.180. The highest BCUT2D eigenvalue weighted by atomic mass is 127. The van der Waals surface area contributed by atoms with Gasteiger partial charge in [0.2, 0.25) is 0 Å². The molecule has 0 saturated heterocycles. The summed E-state index contributed by atoms with van der Waals surface area (Å²) >= 11 is 5.01. The second-order valence-corrected chi connectivity index (χ2v) is 4.25. The van der Waals surface area contributed by atoms with Gasteiger partial charge in [0.05, 0.1) is 10.2 Å². The molecule has 2 nitrogen and oxygen atoms in total. The summed E-state index contributed by atoms with van der Waals surface area (Å²) in [5.41, 5.74) is 5.54. The molecule has 1 aromatic rings. The van der Waals surface area contributed by atoms with Crippen LogP contribution in [-0.2, 0) is 6.54 Å². The first-order valence-electron chi connectivity index (χ1n) is 3.39. The van der Waals surface area contributed by atoms with Gasteiger partial charge in [0, 0.05) is 10.1 Å². The molecule has 1 heterocycles.